The average Bonchev–Trinajstić information content (AvgIpc) is 3.45. The monoisotopic (exact) mass is 408 g/mol. The maximum absolute atomic E-state index is 12.8. The second-order valence-electron chi connectivity index (χ2n) is 7.53. The number of aryl methyl sites for hydroxylation is 1. The highest BCUT2D eigenvalue weighted by molar-refractivity contribution is 6.01. The molecule has 1 aliphatic carbocycles. The molecule has 0 saturated heterocycles. The molecule has 3 aromatic heterocycles. The predicted octanol–water partition coefficient (Wildman–Crippen LogP) is 2.20. The average molecular weight is 408 g/mol. The molecule has 2 atom stereocenters. The lowest BCUT2D eigenvalue weighted by Crippen LogP contribution is -2.46. The Kier molecular flexibility index (Phi) is 4.62. The number of hydrogen-bond acceptors (Lipinski definition) is 8. The Morgan fingerprint density at radius 3 is 2.83 bits per heavy atom. The summed E-state index contributed by atoms with van der Waals surface area (Å²) in [4.78, 5) is 32.7. The molecule has 0 radical (unpaired) electrons. The van der Waals surface area contributed by atoms with Gasteiger partial charge in [-0.15, -0.1) is 0 Å². The Morgan fingerprint density at radius 2 is 2.10 bits per heavy atom. The van der Waals surface area contributed by atoms with Crippen LogP contribution in [0.3, 0.4) is 0 Å². The number of hydrogen-bond donors (Lipinski definition) is 2. The second-order valence-corrected chi connectivity index (χ2v) is 7.53. The maximum Gasteiger partial charge on any atom is 0.247 e. The Morgan fingerprint density at radius 1 is 1.20 bits per heavy atom. The van der Waals surface area contributed by atoms with Crippen molar-refractivity contribution in [1.82, 2.24) is 30.1 Å². The van der Waals surface area contributed by atoms with Crippen LogP contribution in [0.4, 0.5) is 11.6 Å². The van der Waals surface area contributed by atoms with Crippen LogP contribution in [0.2, 0.25) is 0 Å². The number of aromatic nitrogens is 6. The number of methoxy groups -OCH3 is 1. The molecule has 0 aromatic carbocycles. The third kappa shape index (κ3) is 3.18. The molecule has 2 N–H and O–H groups in total. The van der Waals surface area contributed by atoms with Gasteiger partial charge >= 0.3 is 0 Å². The van der Waals surface area contributed by atoms with Gasteiger partial charge < -0.3 is 10.1 Å². The minimum Gasteiger partial charge on any atom is -0.381 e. The van der Waals surface area contributed by atoms with Gasteiger partial charge in [-0.05, 0) is 38.3 Å². The van der Waals surface area contributed by atoms with E-state index in [1.54, 1.807) is 18.2 Å². The van der Waals surface area contributed by atoms with E-state index in [9.17, 15) is 4.79 Å². The van der Waals surface area contributed by atoms with Crippen LogP contribution < -0.4 is 10.2 Å². The number of pyridine rings is 1. The summed E-state index contributed by atoms with van der Waals surface area (Å²) in [7, 11) is 1.72. The Hall–Kier alpha value is -3.40. The van der Waals surface area contributed by atoms with Gasteiger partial charge in [-0.25, -0.2) is 19.9 Å². The molecule has 0 spiro atoms. The summed E-state index contributed by atoms with van der Waals surface area (Å²) in [5.41, 5.74) is 3.02. The minimum absolute atomic E-state index is 0. The summed E-state index contributed by atoms with van der Waals surface area (Å²) in [6.45, 7) is 2.14. The number of nitrogens with one attached hydrogen (secondary N) is 2. The third-order valence-corrected chi connectivity index (χ3v) is 5.73. The molecule has 1 fully saturated rings. The standard InChI is InChI=1S/C20H22N8O2.H2/c1-11-14(5-6-15(25-11)18-23-10-24-27-18)16-8-21-19-20(26-16)28(17(29)9-22-19)12-3-4-13(7-12)30-2;/h5-6,8,10,12-13H,3-4,7,9H2,1-2H3,(H,21,22)(H,23,24,27);1H/t12-,13-;/m0./s1. The molecule has 1 aliphatic heterocycles. The van der Waals surface area contributed by atoms with E-state index in [0.717, 1.165) is 30.5 Å². The molecule has 2 aliphatic rings. The highest BCUT2D eigenvalue weighted by atomic mass is 16.5. The zero-order chi connectivity index (χ0) is 20.7. The van der Waals surface area contributed by atoms with E-state index >= 15 is 0 Å². The van der Waals surface area contributed by atoms with Crippen molar-refractivity contribution in [3.05, 3.63) is 30.4 Å². The molecule has 30 heavy (non-hydrogen) atoms. The number of aromatic amines is 1. The lowest BCUT2D eigenvalue weighted by Gasteiger charge is -2.33. The van der Waals surface area contributed by atoms with E-state index in [2.05, 4.69) is 30.5 Å². The molecule has 10 heteroatoms. The summed E-state index contributed by atoms with van der Waals surface area (Å²) in [5.74, 6) is 1.81. The zero-order valence-electron chi connectivity index (χ0n) is 16.8. The van der Waals surface area contributed by atoms with Crippen LogP contribution in [-0.2, 0) is 9.53 Å². The van der Waals surface area contributed by atoms with Gasteiger partial charge in [0.15, 0.2) is 17.5 Å². The fourth-order valence-electron chi connectivity index (χ4n) is 4.20. The number of carbonyl (C=O) groups excluding carboxylic acids is 1. The summed E-state index contributed by atoms with van der Waals surface area (Å²) in [5, 5.41) is 9.77. The molecular weight excluding hydrogens is 384 g/mol. The SMILES string of the molecule is CO[C@H]1CC[C@H](N2C(=O)CNc3ncc(-c4ccc(-c5ncn[nH]5)nc4C)nc32)C1.[HH]. The van der Waals surface area contributed by atoms with Crippen LogP contribution >= 0.6 is 0 Å². The van der Waals surface area contributed by atoms with Crippen molar-refractivity contribution in [2.45, 2.75) is 38.3 Å². The Bertz CT molecular complexity index is 1090. The van der Waals surface area contributed by atoms with Crippen molar-refractivity contribution in [2.75, 3.05) is 23.9 Å². The molecule has 5 rings (SSSR count). The van der Waals surface area contributed by atoms with Crippen LogP contribution in [0, 0.1) is 6.92 Å². The van der Waals surface area contributed by atoms with Crippen LogP contribution in [0.15, 0.2) is 24.7 Å². The van der Waals surface area contributed by atoms with Gasteiger partial charge in [0.05, 0.1) is 24.5 Å². The number of ether oxygens (including phenoxy) is 1. The number of anilines is 2. The van der Waals surface area contributed by atoms with Crippen molar-refractivity contribution in [2.24, 2.45) is 0 Å². The first-order chi connectivity index (χ1) is 14.6. The number of amides is 1. The van der Waals surface area contributed by atoms with E-state index < -0.39 is 0 Å². The predicted molar refractivity (Wildman–Crippen MR) is 112 cm³/mol. The second kappa shape index (κ2) is 7.45. The van der Waals surface area contributed by atoms with Crippen molar-refractivity contribution in [3.63, 3.8) is 0 Å². The zero-order valence-corrected chi connectivity index (χ0v) is 16.8. The smallest absolute Gasteiger partial charge is 0.247 e. The normalized spacial score (nSPS) is 20.9. The lowest BCUT2D eigenvalue weighted by atomic mass is 10.1. The van der Waals surface area contributed by atoms with E-state index in [0.29, 0.717) is 28.8 Å². The highest BCUT2D eigenvalue weighted by Crippen LogP contribution is 2.35. The van der Waals surface area contributed by atoms with Crippen molar-refractivity contribution >= 4 is 17.5 Å². The van der Waals surface area contributed by atoms with Gasteiger partial charge in [-0.1, -0.05) is 0 Å². The molecule has 1 saturated carbocycles. The number of fused-ring (bicyclic) bond motifs is 1. The van der Waals surface area contributed by atoms with Gasteiger partial charge in [-0.2, -0.15) is 5.10 Å². The van der Waals surface area contributed by atoms with Gasteiger partial charge in [0.2, 0.25) is 5.91 Å². The first-order valence-electron chi connectivity index (χ1n) is 9.93. The van der Waals surface area contributed by atoms with Gasteiger partial charge in [0.25, 0.3) is 0 Å². The Labute approximate surface area is 174 Å². The quantitative estimate of drug-likeness (QED) is 0.674. The van der Waals surface area contributed by atoms with Gasteiger partial charge in [-0.3, -0.25) is 14.8 Å². The van der Waals surface area contributed by atoms with E-state index in [1.165, 1.54) is 6.33 Å². The van der Waals surface area contributed by atoms with E-state index in [-0.39, 0.29) is 26.0 Å². The first kappa shape index (κ1) is 18.6. The molecule has 156 valence electrons. The molecule has 10 nitrogen and oxygen atoms in total. The topological polar surface area (TPSA) is 122 Å². The summed E-state index contributed by atoms with van der Waals surface area (Å²) >= 11 is 0. The van der Waals surface area contributed by atoms with Gasteiger partial charge in [0, 0.05) is 25.8 Å². The van der Waals surface area contributed by atoms with Crippen LogP contribution in [0.1, 0.15) is 26.4 Å². The molecule has 0 bridgehead atoms. The largest absolute Gasteiger partial charge is 0.381 e. The highest BCUT2D eigenvalue weighted by Gasteiger charge is 2.37. The molecular formula is C20H24N8O2. The molecule has 3 aromatic rings. The Balaban J connectivity index is 0.00000231. The molecule has 1 amide bonds. The number of rotatable bonds is 4. The van der Waals surface area contributed by atoms with Crippen LogP contribution in [0.5, 0.6) is 0 Å². The number of nitrogens with zero attached hydrogens (tertiary/aromatic N) is 6. The minimum atomic E-state index is 0. The van der Waals surface area contributed by atoms with Crippen molar-refractivity contribution in [1.29, 1.82) is 0 Å². The fraction of sp³-hybridized carbons (Fsp3) is 0.400. The number of carbonyl (C=O) groups is 1. The lowest BCUT2D eigenvalue weighted by molar-refractivity contribution is -0.117. The van der Waals surface area contributed by atoms with Crippen LogP contribution in [-0.4, -0.2) is 61.8 Å². The fourth-order valence-corrected chi connectivity index (χ4v) is 4.20. The van der Waals surface area contributed by atoms with Crippen molar-refractivity contribution < 1.29 is 11.0 Å². The number of H-pyrrole nitrogens is 1. The summed E-state index contributed by atoms with van der Waals surface area (Å²) in [6, 6.07) is 3.88. The van der Waals surface area contributed by atoms with Crippen molar-refractivity contribution in [3.8, 4) is 22.8 Å². The van der Waals surface area contributed by atoms with Gasteiger partial charge in [0.1, 0.15) is 12.0 Å². The summed E-state index contributed by atoms with van der Waals surface area (Å²) in [6.07, 6.45) is 5.97. The maximum atomic E-state index is 12.8. The summed E-state index contributed by atoms with van der Waals surface area (Å²) < 4.78 is 5.50. The van der Waals surface area contributed by atoms with E-state index in [1.807, 2.05) is 19.1 Å². The molecule has 0 unspecified atom stereocenters. The third-order valence-electron chi connectivity index (χ3n) is 5.73. The van der Waals surface area contributed by atoms with Crippen LogP contribution in [0.25, 0.3) is 22.8 Å². The van der Waals surface area contributed by atoms with E-state index in [4.69, 9.17) is 9.72 Å². The first-order valence-corrected chi connectivity index (χ1v) is 9.93. The molecule has 4 heterocycles.